The van der Waals surface area contributed by atoms with Gasteiger partial charge in [-0.1, -0.05) is 0 Å². The van der Waals surface area contributed by atoms with Crippen molar-refractivity contribution in [3.8, 4) is 0 Å². The van der Waals surface area contributed by atoms with Crippen LogP contribution in [0.15, 0.2) is 18.2 Å². The van der Waals surface area contributed by atoms with E-state index in [0.29, 0.717) is 0 Å². The zero-order valence-corrected chi connectivity index (χ0v) is 9.92. The molecule has 1 saturated carbocycles. The summed E-state index contributed by atoms with van der Waals surface area (Å²) in [7, 11) is 0. The molecule has 8 heteroatoms. The summed E-state index contributed by atoms with van der Waals surface area (Å²) in [6, 6.07) is 2.75. The molecule has 1 aliphatic rings. The molecule has 2 rings (SSSR count). The first-order valence-corrected chi connectivity index (χ1v) is 5.58. The maximum absolute atomic E-state index is 13.3. The second-order valence-corrected chi connectivity index (χ2v) is 4.57. The molecule has 0 heterocycles. The van der Waals surface area contributed by atoms with Gasteiger partial charge in [0.1, 0.15) is 5.82 Å². The Morgan fingerprint density at radius 2 is 1.80 bits per heavy atom. The molecule has 0 saturated heterocycles. The van der Waals surface area contributed by atoms with E-state index in [2.05, 4.69) is 0 Å². The fourth-order valence-corrected chi connectivity index (χ4v) is 1.89. The van der Waals surface area contributed by atoms with Crippen molar-refractivity contribution >= 4 is 11.9 Å². The summed E-state index contributed by atoms with van der Waals surface area (Å²) in [5, 5.41) is 10.6. The lowest BCUT2D eigenvalue weighted by molar-refractivity contribution is -0.174. The zero-order chi connectivity index (χ0) is 15.1. The molecule has 1 fully saturated rings. The van der Waals surface area contributed by atoms with Gasteiger partial charge in [-0.25, -0.2) is 9.18 Å². The van der Waals surface area contributed by atoms with E-state index in [4.69, 9.17) is 5.11 Å². The van der Waals surface area contributed by atoms with E-state index < -0.39 is 29.4 Å². The number of alkyl halides is 3. The van der Waals surface area contributed by atoms with Crippen molar-refractivity contribution in [2.24, 2.45) is 0 Å². The van der Waals surface area contributed by atoms with Crippen LogP contribution >= 0.6 is 0 Å². The highest BCUT2D eigenvalue weighted by atomic mass is 19.4. The number of carboxylic acids is 1. The summed E-state index contributed by atoms with van der Waals surface area (Å²) in [5.74, 6) is -4.41. The largest absolute Gasteiger partial charge is 0.478 e. The molecule has 0 bridgehead atoms. The van der Waals surface area contributed by atoms with Crippen LogP contribution in [0.1, 0.15) is 28.8 Å². The highest BCUT2D eigenvalue weighted by molar-refractivity contribution is 5.88. The molecule has 4 nitrogen and oxygen atoms in total. The number of nitrogens with one attached hydrogen (secondary N) is 1. The van der Waals surface area contributed by atoms with Gasteiger partial charge in [-0.15, -0.1) is 0 Å². The number of hydrogen-bond acceptors (Lipinski definition) is 2. The first kappa shape index (κ1) is 14.3. The van der Waals surface area contributed by atoms with Crippen LogP contribution < -0.4 is 5.32 Å². The Hall–Kier alpha value is -2.12. The molecular formula is C12H9F4NO3. The summed E-state index contributed by atoms with van der Waals surface area (Å²) in [4.78, 5) is 21.8. The zero-order valence-electron chi connectivity index (χ0n) is 9.92. The minimum Gasteiger partial charge on any atom is -0.478 e. The van der Waals surface area contributed by atoms with E-state index in [1.54, 1.807) is 5.32 Å². The summed E-state index contributed by atoms with van der Waals surface area (Å²) in [6.45, 7) is 0. The molecule has 1 aromatic carbocycles. The Labute approximate surface area is 110 Å². The number of hydrogen-bond donors (Lipinski definition) is 2. The third kappa shape index (κ3) is 2.73. The molecule has 2 N–H and O–H groups in total. The van der Waals surface area contributed by atoms with E-state index in [9.17, 15) is 27.2 Å². The van der Waals surface area contributed by atoms with Gasteiger partial charge in [-0.3, -0.25) is 4.79 Å². The molecule has 1 aliphatic carbocycles. The molecule has 0 unspecified atom stereocenters. The van der Waals surface area contributed by atoms with Crippen molar-refractivity contribution in [2.75, 3.05) is 0 Å². The Balaban J connectivity index is 2.31. The molecule has 1 aromatic rings. The van der Waals surface area contributed by atoms with Gasteiger partial charge < -0.3 is 10.4 Å². The standard InChI is InChI=1S/C12H9F4NO3/c13-8-4-6(9(18)19)3-7(5-8)11(1-2-11)17-10(20)12(14,15)16/h3-5H,1-2H2,(H,17,20)(H,18,19). The molecule has 108 valence electrons. The van der Waals surface area contributed by atoms with Crippen LogP contribution in [0.5, 0.6) is 0 Å². The Morgan fingerprint density at radius 1 is 1.20 bits per heavy atom. The van der Waals surface area contributed by atoms with Gasteiger partial charge in [0.15, 0.2) is 0 Å². The van der Waals surface area contributed by atoms with E-state index in [1.165, 1.54) is 0 Å². The minimum atomic E-state index is -5.04. The number of carbonyl (C=O) groups excluding carboxylic acids is 1. The molecule has 1 amide bonds. The fraction of sp³-hybridized carbons (Fsp3) is 0.333. The summed E-state index contributed by atoms with van der Waals surface area (Å²) in [6.07, 6.45) is -4.66. The van der Waals surface area contributed by atoms with Crippen molar-refractivity contribution in [1.82, 2.24) is 5.32 Å². The maximum atomic E-state index is 13.3. The average Bonchev–Trinajstić information content (AvgIpc) is 3.08. The van der Waals surface area contributed by atoms with E-state index in [0.717, 1.165) is 18.2 Å². The predicted octanol–water partition coefficient (Wildman–Crippen LogP) is 2.19. The van der Waals surface area contributed by atoms with Gasteiger partial charge in [0.2, 0.25) is 0 Å². The maximum Gasteiger partial charge on any atom is 0.471 e. The number of carbonyl (C=O) groups is 2. The highest BCUT2D eigenvalue weighted by Crippen LogP contribution is 2.46. The first-order valence-electron chi connectivity index (χ1n) is 5.58. The smallest absolute Gasteiger partial charge is 0.471 e. The van der Waals surface area contributed by atoms with E-state index in [-0.39, 0.29) is 24.0 Å². The van der Waals surface area contributed by atoms with Crippen LogP contribution in [-0.4, -0.2) is 23.2 Å². The molecule has 20 heavy (non-hydrogen) atoms. The molecule has 0 aromatic heterocycles. The average molecular weight is 291 g/mol. The minimum absolute atomic E-state index is 0.0208. The number of benzene rings is 1. The second-order valence-electron chi connectivity index (χ2n) is 4.57. The van der Waals surface area contributed by atoms with Gasteiger partial charge in [0.05, 0.1) is 11.1 Å². The van der Waals surface area contributed by atoms with E-state index >= 15 is 0 Å². The number of halogens is 4. The quantitative estimate of drug-likeness (QED) is 0.839. The van der Waals surface area contributed by atoms with Crippen molar-refractivity contribution < 1.29 is 32.3 Å². The third-order valence-corrected chi connectivity index (χ3v) is 3.06. The lowest BCUT2D eigenvalue weighted by Crippen LogP contribution is -2.43. The van der Waals surface area contributed by atoms with Crippen molar-refractivity contribution in [1.29, 1.82) is 0 Å². The van der Waals surface area contributed by atoms with Crippen molar-refractivity contribution in [2.45, 2.75) is 24.6 Å². The molecule has 0 aliphatic heterocycles. The number of carboxylic acid groups (broad SMARTS) is 1. The highest BCUT2D eigenvalue weighted by Gasteiger charge is 2.51. The second kappa shape index (κ2) is 4.46. The van der Waals surface area contributed by atoms with Gasteiger partial charge in [0.25, 0.3) is 0 Å². The van der Waals surface area contributed by atoms with Gasteiger partial charge in [-0.2, -0.15) is 13.2 Å². The first-order chi connectivity index (χ1) is 9.14. The van der Waals surface area contributed by atoms with Gasteiger partial charge >= 0.3 is 18.1 Å². The van der Waals surface area contributed by atoms with E-state index in [1.807, 2.05) is 0 Å². The van der Waals surface area contributed by atoms with Crippen molar-refractivity contribution in [3.63, 3.8) is 0 Å². The normalized spacial score (nSPS) is 16.6. The monoisotopic (exact) mass is 291 g/mol. The Kier molecular flexibility index (Phi) is 3.19. The number of rotatable bonds is 3. The van der Waals surface area contributed by atoms with Crippen LogP contribution in [-0.2, 0) is 10.3 Å². The Bertz CT molecular complexity index is 579. The lowest BCUT2D eigenvalue weighted by atomic mass is 10.0. The summed E-state index contributed by atoms with van der Waals surface area (Å²) < 4.78 is 50.0. The van der Waals surface area contributed by atoms with Gasteiger partial charge in [0, 0.05) is 0 Å². The topological polar surface area (TPSA) is 66.4 Å². The summed E-state index contributed by atoms with van der Waals surface area (Å²) in [5.41, 5.74) is -1.70. The summed E-state index contributed by atoms with van der Waals surface area (Å²) >= 11 is 0. The molecule has 0 radical (unpaired) electrons. The van der Waals surface area contributed by atoms with Gasteiger partial charge in [-0.05, 0) is 36.6 Å². The van der Waals surface area contributed by atoms with Crippen LogP contribution in [0.4, 0.5) is 17.6 Å². The van der Waals surface area contributed by atoms with Crippen molar-refractivity contribution in [3.05, 3.63) is 35.1 Å². The lowest BCUT2D eigenvalue weighted by Gasteiger charge is -2.19. The molecular weight excluding hydrogens is 282 g/mol. The van der Waals surface area contributed by atoms with Crippen LogP contribution in [0.3, 0.4) is 0 Å². The number of aromatic carboxylic acids is 1. The SMILES string of the molecule is O=C(O)c1cc(F)cc(C2(NC(=O)C(F)(F)F)CC2)c1. The fourth-order valence-electron chi connectivity index (χ4n) is 1.89. The molecule has 0 atom stereocenters. The van der Waals surface area contributed by atoms with Crippen LogP contribution in [0, 0.1) is 5.82 Å². The van der Waals surface area contributed by atoms with Crippen LogP contribution in [0.2, 0.25) is 0 Å². The van der Waals surface area contributed by atoms with Crippen LogP contribution in [0.25, 0.3) is 0 Å². The Morgan fingerprint density at radius 3 is 2.25 bits per heavy atom. The predicted molar refractivity (Wildman–Crippen MR) is 58.5 cm³/mol. The number of amides is 1. The third-order valence-electron chi connectivity index (χ3n) is 3.06. The molecule has 0 spiro atoms.